The van der Waals surface area contributed by atoms with Gasteiger partial charge in [-0.15, -0.1) is 0 Å². The number of carboxylic acid groups (broad SMARTS) is 1. The Hall–Kier alpha value is -2.54. The van der Waals surface area contributed by atoms with Gasteiger partial charge in [-0.05, 0) is 55.6 Å². The zero-order chi connectivity index (χ0) is 22.3. The lowest BCUT2D eigenvalue weighted by atomic mass is 10.0. The van der Waals surface area contributed by atoms with Crippen LogP contribution in [0.3, 0.4) is 0 Å². The molecule has 0 spiro atoms. The maximum atomic E-state index is 10.8. The number of hydrogen-bond donors (Lipinski definition) is 1. The number of rotatable bonds is 10. The molecule has 0 bridgehead atoms. The molecule has 1 saturated heterocycles. The zero-order valence-electron chi connectivity index (χ0n) is 18.1. The number of aliphatic carboxylic acids is 1. The van der Waals surface area contributed by atoms with Crippen LogP contribution in [0.2, 0.25) is 5.02 Å². The minimum absolute atomic E-state index is 0.150. The molecular formula is C25H29ClN2O4. The van der Waals surface area contributed by atoms with Crippen LogP contribution in [0.25, 0.3) is 22.1 Å². The van der Waals surface area contributed by atoms with E-state index in [1.54, 1.807) is 6.26 Å². The van der Waals surface area contributed by atoms with E-state index in [1.807, 2.05) is 47.4 Å². The van der Waals surface area contributed by atoms with Gasteiger partial charge in [0.05, 0.1) is 19.4 Å². The van der Waals surface area contributed by atoms with Crippen LogP contribution in [-0.4, -0.2) is 66.8 Å². The summed E-state index contributed by atoms with van der Waals surface area (Å²) in [7, 11) is 0. The van der Waals surface area contributed by atoms with Crippen molar-refractivity contribution in [1.29, 1.82) is 0 Å². The highest BCUT2D eigenvalue weighted by molar-refractivity contribution is 6.30. The first-order valence-corrected chi connectivity index (χ1v) is 11.5. The van der Waals surface area contributed by atoms with Crippen LogP contribution in [0, 0.1) is 0 Å². The lowest BCUT2D eigenvalue weighted by Crippen LogP contribution is -2.48. The van der Waals surface area contributed by atoms with Crippen molar-refractivity contribution in [2.24, 2.45) is 0 Å². The second-order valence-electron chi connectivity index (χ2n) is 8.23. The van der Waals surface area contributed by atoms with Crippen LogP contribution < -0.4 is 4.74 Å². The van der Waals surface area contributed by atoms with Gasteiger partial charge in [-0.2, -0.15) is 0 Å². The van der Waals surface area contributed by atoms with E-state index >= 15 is 0 Å². The molecular weight excluding hydrogens is 428 g/mol. The summed E-state index contributed by atoms with van der Waals surface area (Å²) in [6.07, 6.45) is 5.02. The van der Waals surface area contributed by atoms with Crippen molar-refractivity contribution in [2.75, 3.05) is 45.9 Å². The van der Waals surface area contributed by atoms with Gasteiger partial charge in [0.15, 0.2) is 0 Å². The smallest absolute Gasteiger partial charge is 0.317 e. The topological polar surface area (TPSA) is 66.2 Å². The van der Waals surface area contributed by atoms with Crippen molar-refractivity contribution < 1.29 is 19.1 Å². The molecule has 170 valence electrons. The number of halogens is 1. The third-order valence-corrected chi connectivity index (χ3v) is 6.17. The first kappa shape index (κ1) is 22.6. The number of piperazine rings is 1. The molecule has 1 aliphatic rings. The summed E-state index contributed by atoms with van der Waals surface area (Å²) in [6, 6.07) is 13.7. The van der Waals surface area contributed by atoms with Crippen LogP contribution in [0.4, 0.5) is 0 Å². The molecule has 6 nitrogen and oxygen atoms in total. The fourth-order valence-corrected chi connectivity index (χ4v) is 4.24. The summed E-state index contributed by atoms with van der Waals surface area (Å²) < 4.78 is 11.7. The Balaban J connectivity index is 1.17. The Morgan fingerprint density at radius 2 is 1.75 bits per heavy atom. The van der Waals surface area contributed by atoms with E-state index in [-0.39, 0.29) is 6.54 Å². The number of unbranched alkanes of at least 4 members (excludes halogenated alkanes) is 2. The largest absolute Gasteiger partial charge is 0.493 e. The summed E-state index contributed by atoms with van der Waals surface area (Å²) in [4.78, 5) is 15.2. The molecule has 7 heteroatoms. The monoisotopic (exact) mass is 456 g/mol. The van der Waals surface area contributed by atoms with Gasteiger partial charge < -0.3 is 19.2 Å². The van der Waals surface area contributed by atoms with E-state index in [2.05, 4.69) is 4.90 Å². The van der Waals surface area contributed by atoms with Gasteiger partial charge in [-0.1, -0.05) is 23.7 Å². The molecule has 0 amide bonds. The average Bonchev–Trinajstić information content (AvgIpc) is 3.21. The number of hydrogen-bond acceptors (Lipinski definition) is 5. The lowest BCUT2D eigenvalue weighted by molar-refractivity contribution is -0.138. The van der Waals surface area contributed by atoms with Crippen molar-refractivity contribution >= 4 is 28.5 Å². The number of carbonyl (C=O) groups is 1. The molecule has 2 heterocycles. The Kier molecular flexibility index (Phi) is 7.68. The number of carboxylic acids is 1. The van der Waals surface area contributed by atoms with Crippen molar-refractivity contribution in [2.45, 2.75) is 19.3 Å². The van der Waals surface area contributed by atoms with Crippen LogP contribution >= 0.6 is 11.6 Å². The van der Waals surface area contributed by atoms with Gasteiger partial charge in [0.25, 0.3) is 0 Å². The molecule has 1 aromatic heterocycles. The number of benzene rings is 2. The van der Waals surface area contributed by atoms with Gasteiger partial charge >= 0.3 is 5.97 Å². The Labute approximate surface area is 193 Å². The highest BCUT2D eigenvalue weighted by atomic mass is 35.5. The van der Waals surface area contributed by atoms with Crippen LogP contribution in [0.15, 0.2) is 53.1 Å². The summed E-state index contributed by atoms with van der Waals surface area (Å²) in [6.45, 7) is 5.47. The van der Waals surface area contributed by atoms with Gasteiger partial charge in [-0.25, -0.2) is 0 Å². The Morgan fingerprint density at radius 1 is 1.00 bits per heavy atom. The number of ether oxygens (including phenoxy) is 1. The molecule has 3 aromatic rings. The maximum Gasteiger partial charge on any atom is 0.317 e. The maximum absolute atomic E-state index is 10.8. The number of nitrogens with zero attached hydrogens (tertiary/aromatic N) is 2. The van der Waals surface area contributed by atoms with Crippen molar-refractivity contribution in [3.05, 3.63) is 53.8 Å². The first-order chi connectivity index (χ1) is 15.6. The van der Waals surface area contributed by atoms with Gasteiger partial charge in [0.2, 0.25) is 0 Å². The number of furan rings is 1. The summed E-state index contributed by atoms with van der Waals surface area (Å²) in [5, 5.41) is 10.6. The van der Waals surface area contributed by atoms with Gasteiger partial charge in [-0.3, -0.25) is 9.69 Å². The lowest BCUT2D eigenvalue weighted by Gasteiger charge is -2.33. The van der Waals surface area contributed by atoms with Crippen LogP contribution in [-0.2, 0) is 4.79 Å². The van der Waals surface area contributed by atoms with Crippen LogP contribution in [0.1, 0.15) is 19.3 Å². The third kappa shape index (κ3) is 6.03. The highest BCUT2D eigenvalue weighted by Gasteiger charge is 2.18. The third-order valence-electron chi connectivity index (χ3n) is 5.91. The molecule has 1 aliphatic heterocycles. The predicted octanol–water partition coefficient (Wildman–Crippen LogP) is 5.00. The molecule has 2 aromatic carbocycles. The molecule has 4 rings (SSSR count). The highest BCUT2D eigenvalue weighted by Crippen LogP contribution is 2.33. The quantitative estimate of drug-likeness (QED) is 0.433. The minimum Gasteiger partial charge on any atom is -0.493 e. The van der Waals surface area contributed by atoms with E-state index in [0.29, 0.717) is 6.61 Å². The molecule has 0 radical (unpaired) electrons. The minimum atomic E-state index is -0.744. The Bertz CT molecular complexity index is 1030. The summed E-state index contributed by atoms with van der Waals surface area (Å²) >= 11 is 5.99. The molecule has 0 aliphatic carbocycles. The normalized spacial score (nSPS) is 15.3. The molecule has 32 heavy (non-hydrogen) atoms. The average molecular weight is 457 g/mol. The van der Waals surface area contributed by atoms with E-state index in [1.165, 1.54) is 0 Å². The second-order valence-corrected chi connectivity index (χ2v) is 8.67. The van der Waals surface area contributed by atoms with Crippen LogP contribution in [0.5, 0.6) is 5.75 Å². The van der Waals surface area contributed by atoms with E-state index in [9.17, 15) is 4.79 Å². The first-order valence-electron chi connectivity index (χ1n) is 11.1. The van der Waals surface area contributed by atoms with E-state index in [0.717, 1.165) is 84.9 Å². The molecule has 1 N–H and O–H groups in total. The standard InChI is InChI=1S/C25H29ClN2O4/c26-20-6-4-19(5-7-20)23-18-32-24-16-21(8-9-22(23)24)31-15-3-1-2-10-27-11-13-28(14-12-27)17-25(29)30/h4-9,16,18H,1-3,10-15,17H2,(H,29,30). The van der Waals surface area contributed by atoms with Gasteiger partial charge in [0.1, 0.15) is 11.3 Å². The molecule has 0 atom stereocenters. The second kappa shape index (κ2) is 10.9. The molecule has 1 fully saturated rings. The summed E-state index contributed by atoms with van der Waals surface area (Å²) in [5.41, 5.74) is 2.94. The van der Waals surface area contributed by atoms with E-state index in [4.69, 9.17) is 25.9 Å². The number of fused-ring (bicyclic) bond motifs is 1. The van der Waals surface area contributed by atoms with E-state index < -0.39 is 5.97 Å². The fourth-order valence-electron chi connectivity index (χ4n) is 4.12. The summed E-state index contributed by atoms with van der Waals surface area (Å²) in [5.74, 6) is 0.0794. The zero-order valence-corrected chi connectivity index (χ0v) is 18.9. The van der Waals surface area contributed by atoms with Gasteiger partial charge in [0, 0.05) is 48.2 Å². The van der Waals surface area contributed by atoms with Crippen molar-refractivity contribution in [3.63, 3.8) is 0 Å². The molecule has 0 saturated carbocycles. The van der Waals surface area contributed by atoms with Crippen molar-refractivity contribution in [3.8, 4) is 16.9 Å². The molecule has 0 unspecified atom stereocenters. The Morgan fingerprint density at radius 3 is 2.50 bits per heavy atom. The predicted molar refractivity (Wildman–Crippen MR) is 127 cm³/mol. The SMILES string of the molecule is O=C(O)CN1CCN(CCCCCOc2ccc3c(-c4ccc(Cl)cc4)coc3c2)CC1. The fraction of sp³-hybridized carbons (Fsp3) is 0.400. The van der Waals surface area contributed by atoms with Crippen molar-refractivity contribution in [1.82, 2.24) is 9.80 Å².